The van der Waals surface area contributed by atoms with Gasteiger partial charge >= 0.3 is 12.3 Å². The normalized spacial score (nSPS) is 12.1. The lowest BCUT2D eigenvalue weighted by molar-refractivity contribution is -0.142. The number of ether oxygens (including phenoxy) is 1. The summed E-state index contributed by atoms with van der Waals surface area (Å²) in [7, 11) is 1.52. The molecule has 0 bridgehead atoms. The molecule has 0 unspecified atom stereocenters. The molecule has 0 aliphatic rings. The number of amides is 1. The molecule has 0 atom stereocenters. The molecule has 11 heteroatoms. The molecule has 2 N–H and O–H groups in total. The molecule has 0 fully saturated rings. The molecule has 26 heavy (non-hydrogen) atoms. The van der Waals surface area contributed by atoms with Crippen LogP contribution in [-0.4, -0.2) is 36.8 Å². The maximum Gasteiger partial charge on any atom is 0.437 e. The lowest BCUT2D eigenvalue weighted by atomic mass is 10.2. The highest BCUT2D eigenvalue weighted by Crippen LogP contribution is 2.35. The number of alkyl carbamates (subject to hydrolysis) is 1. The number of nitrogens with one attached hydrogen (secondary N) is 1. The SMILES string of the molecule is Cn1nnc(-c2ccc(O)c(C(F)(F)F)n2)c1CNC(=O)OC(C)(C)C. The van der Waals surface area contributed by atoms with Crippen molar-refractivity contribution in [2.75, 3.05) is 0 Å². The van der Waals surface area contributed by atoms with Crippen LogP contribution in [0.5, 0.6) is 5.75 Å². The molecular formula is C15H18F3N5O3. The van der Waals surface area contributed by atoms with Gasteiger partial charge in [0.15, 0.2) is 5.69 Å². The number of alkyl halides is 3. The van der Waals surface area contributed by atoms with Gasteiger partial charge in [-0.15, -0.1) is 5.10 Å². The Morgan fingerprint density at radius 2 is 1.96 bits per heavy atom. The summed E-state index contributed by atoms with van der Waals surface area (Å²) in [4.78, 5) is 15.2. The summed E-state index contributed by atoms with van der Waals surface area (Å²) in [6.45, 7) is 5.01. The molecule has 2 rings (SSSR count). The number of pyridine rings is 1. The maximum atomic E-state index is 12.9. The van der Waals surface area contributed by atoms with Crippen LogP contribution in [0.2, 0.25) is 0 Å². The summed E-state index contributed by atoms with van der Waals surface area (Å²) < 4.78 is 45.2. The van der Waals surface area contributed by atoms with E-state index in [0.29, 0.717) is 5.69 Å². The third kappa shape index (κ3) is 4.61. The molecule has 0 aromatic carbocycles. The standard InChI is InChI=1S/C15H18F3N5O3/c1-14(2,3)26-13(25)19-7-9-11(21-22-23(9)4)8-5-6-10(24)12(20-8)15(16,17)18/h5-6,24H,7H2,1-4H3,(H,19,25). The molecule has 0 spiro atoms. The molecule has 142 valence electrons. The number of carbonyl (C=O) groups excluding carboxylic acids is 1. The van der Waals surface area contributed by atoms with E-state index in [1.165, 1.54) is 17.8 Å². The number of aryl methyl sites for hydroxylation is 1. The van der Waals surface area contributed by atoms with Crippen LogP contribution in [0.4, 0.5) is 18.0 Å². The molecule has 1 amide bonds. The van der Waals surface area contributed by atoms with E-state index in [-0.39, 0.29) is 17.9 Å². The topological polar surface area (TPSA) is 102 Å². The minimum atomic E-state index is -4.82. The maximum absolute atomic E-state index is 12.9. The minimum absolute atomic E-state index is 0.0501. The van der Waals surface area contributed by atoms with Crippen LogP contribution in [0.15, 0.2) is 12.1 Å². The highest BCUT2D eigenvalue weighted by molar-refractivity contribution is 5.68. The highest BCUT2D eigenvalue weighted by atomic mass is 19.4. The second-order valence-corrected chi connectivity index (χ2v) is 6.43. The fourth-order valence-corrected chi connectivity index (χ4v) is 2.04. The molecule has 0 saturated heterocycles. The summed E-state index contributed by atoms with van der Waals surface area (Å²) >= 11 is 0. The predicted octanol–water partition coefficient (Wildman–Crippen LogP) is 2.63. The summed E-state index contributed by atoms with van der Waals surface area (Å²) in [6, 6.07) is 2.07. The van der Waals surface area contributed by atoms with Crippen molar-refractivity contribution >= 4 is 6.09 Å². The van der Waals surface area contributed by atoms with E-state index in [9.17, 15) is 23.1 Å². The average molecular weight is 373 g/mol. The number of carbonyl (C=O) groups is 1. The summed E-state index contributed by atoms with van der Waals surface area (Å²) in [5, 5.41) is 19.4. The van der Waals surface area contributed by atoms with Crippen molar-refractivity contribution in [3.63, 3.8) is 0 Å². The number of aromatic nitrogens is 4. The molecular weight excluding hydrogens is 355 g/mol. The number of aromatic hydroxyl groups is 1. The Kier molecular flexibility index (Phi) is 5.10. The summed E-state index contributed by atoms with van der Waals surface area (Å²) in [6.07, 6.45) is -5.52. The Morgan fingerprint density at radius 3 is 2.54 bits per heavy atom. The lowest BCUT2D eigenvalue weighted by Crippen LogP contribution is -2.32. The van der Waals surface area contributed by atoms with Crippen molar-refractivity contribution in [3.8, 4) is 17.1 Å². The summed E-state index contributed by atoms with van der Waals surface area (Å²) in [5.41, 5.74) is -1.88. The van der Waals surface area contributed by atoms with Gasteiger partial charge in [0.1, 0.15) is 17.0 Å². The quantitative estimate of drug-likeness (QED) is 0.858. The fourth-order valence-electron chi connectivity index (χ4n) is 2.04. The van der Waals surface area contributed by atoms with Gasteiger partial charge < -0.3 is 15.2 Å². The molecule has 0 radical (unpaired) electrons. The van der Waals surface area contributed by atoms with Crippen LogP contribution in [-0.2, 0) is 24.5 Å². The van der Waals surface area contributed by atoms with Crippen molar-refractivity contribution < 1.29 is 27.8 Å². The number of halogens is 3. The minimum Gasteiger partial charge on any atom is -0.506 e. The average Bonchev–Trinajstić information content (AvgIpc) is 2.84. The molecule has 0 aliphatic heterocycles. The molecule has 2 heterocycles. The Balaban J connectivity index is 2.29. The van der Waals surface area contributed by atoms with Crippen LogP contribution in [0, 0.1) is 0 Å². The second-order valence-electron chi connectivity index (χ2n) is 6.43. The largest absolute Gasteiger partial charge is 0.506 e. The van der Waals surface area contributed by atoms with Crippen LogP contribution in [0.25, 0.3) is 11.4 Å². The van der Waals surface area contributed by atoms with Gasteiger partial charge in [0, 0.05) is 7.05 Å². The highest BCUT2D eigenvalue weighted by Gasteiger charge is 2.36. The van der Waals surface area contributed by atoms with E-state index in [4.69, 9.17) is 4.74 Å². The third-order valence-corrected chi connectivity index (χ3v) is 3.13. The number of hydrogen-bond donors (Lipinski definition) is 2. The Labute approximate surface area is 147 Å². The van der Waals surface area contributed by atoms with Gasteiger partial charge in [-0.2, -0.15) is 13.2 Å². The van der Waals surface area contributed by atoms with Crippen LogP contribution >= 0.6 is 0 Å². The number of rotatable bonds is 3. The molecule has 0 aliphatic carbocycles. The fraction of sp³-hybridized carbons (Fsp3) is 0.467. The van der Waals surface area contributed by atoms with Gasteiger partial charge in [0.05, 0.1) is 17.9 Å². The number of hydrogen-bond acceptors (Lipinski definition) is 6. The lowest BCUT2D eigenvalue weighted by Gasteiger charge is -2.19. The van der Waals surface area contributed by atoms with Gasteiger partial charge in [-0.1, -0.05) is 5.21 Å². The van der Waals surface area contributed by atoms with Crippen LogP contribution < -0.4 is 5.32 Å². The van der Waals surface area contributed by atoms with Crippen molar-refractivity contribution in [3.05, 3.63) is 23.5 Å². The molecule has 8 nitrogen and oxygen atoms in total. The first kappa shape index (κ1) is 19.5. The first-order valence-corrected chi connectivity index (χ1v) is 7.51. The Hall–Kier alpha value is -2.85. The van der Waals surface area contributed by atoms with Gasteiger partial charge in [-0.05, 0) is 32.9 Å². The number of nitrogens with zero attached hydrogens (tertiary/aromatic N) is 4. The van der Waals surface area contributed by atoms with Crippen molar-refractivity contribution in [1.82, 2.24) is 25.3 Å². The van der Waals surface area contributed by atoms with Crippen LogP contribution in [0.3, 0.4) is 0 Å². The van der Waals surface area contributed by atoms with E-state index in [0.717, 1.165) is 6.07 Å². The smallest absolute Gasteiger partial charge is 0.437 e. The van der Waals surface area contributed by atoms with E-state index >= 15 is 0 Å². The van der Waals surface area contributed by atoms with E-state index in [2.05, 4.69) is 20.6 Å². The van der Waals surface area contributed by atoms with Gasteiger partial charge in [0.25, 0.3) is 0 Å². The van der Waals surface area contributed by atoms with Gasteiger partial charge in [-0.25, -0.2) is 14.5 Å². The third-order valence-electron chi connectivity index (χ3n) is 3.13. The molecule has 2 aromatic rings. The zero-order chi connectivity index (χ0) is 19.7. The van der Waals surface area contributed by atoms with E-state index in [1.54, 1.807) is 20.8 Å². The van der Waals surface area contributed by atoms with Gasteiger partial charge in [-0.3, -0.25) is 0 Å². The van der Waals surface area contributed by atoms with Crippen molar-refractivity contribution in [2.45, 2.75) is 39.1 Å². The zero-order valence-electron chi connectivity index (χ0n) is 14.5. The zero-order valence-corrected chi connectivity index (χ0v) is 14.5. The van der Waals surface area contributed by atoms with Gasteiger partial charge in [0.2, 0.25) is 0 Å². The Morgan fingerprint density at radius 1 is 1.31 bits per heavy atom. The molecule has 0 saturated carbocycles. The van der Waals surface area contributed by atoms with E-state index in [1.807, 2.05) is 0 Å². The first-order valence-electron chi connectivity index (χ1n) is 7.51. The van der Waals surface area contributed by atoms with Crippen molar-refractivity contribution in [2.24, 2.45) is 7.05 Å². The predicted molar refractivity (Wildman–Crippen MR) is 84.0 cm³/mol. The summed E-state index contributed by atoms with van der Waals surface area (Å²) in [5.74, 6) is -0.987. The second kappa shape index (κ2) is 6.81. The monoisotopic (exact) mass is 373 g/mol. The Bertz CT molecular complexity index is 812. The van der Waals surface area contributed by atoms with E-state index < -0.39 is 29.3 Å². The molecule has 2 aromatic heterocycles. The van der Waals surface area contributed by atoms with Crippen LogP contribution in [0.1, 0.15) is 32.2 Å². The van der Waals surface area contributed by atoms with Crippen molar-refractivity contribution in [1.29, 1.82) is 0 Å². The first-order chi connectivity index (χ1) is 11.9.